The fourth-order valence-corrected chi connectivity index (χ4v) is 1.12. The average molecular weight is 176 g/mol. The van der Waals surface area contributed by atoms with E-state index in [4.69, 9.17) is 0 Å². The number of carbonyl (C=O) groups is 2. The molecule has 64 valence electrons. The van der Waals surface area contributed by atoms with Crippen LogP contribution in [0.15, 0.2) is 29.1 Å². The van der Waals surface area contributed by atoms with Crippen molar-refractivity contribution in [1.29, 1.82) is 0 Å². The van der Waals surface area contributed by atoms with Gasteiger partial charge in [0.15, 0.2) is 5.43 Å². The summed E-state index contributed by atoms with van der Waals surface area (Å²) in [6.07, 6.45) is 0. The third-order valence-electron chi connectivity index (χ3n) is 1.74. The van der Waals surface area contributed by atoms with Crippen LogP contribution in [-0.4, -0.2) is 11.9 Å². The van der Waals surface area contributed by atoms with Gasteiger partial charge in [-0.25, -0.2) is 9.59 Å². The van der Waals surface area contributed by atoms with Gasteiger partial charge in [0.05, 0.1) is 11.1 Å². The molecule has 0 fully saturated rings. The van der Waals surface area contributed by atoms with Crippen LogP contribution in [0.25, 0.3) is 0 Å². The smallest absolute Gasteiger partial charge is 0.346 e. The molecular formula is C9H4O4. The van der Waals surface area contributed by atoms with E-state index in [0.29, 0.717) is 0 Å². The standard InChI is InChI=1S/C9H4O4/c10-5-1-3-6-7(4-2-5)9(12)13-8(6)11/h1-4H. The first-order valence-corrected chi connectivity index (χ1v) is 3.59. The molecule has 4 heteroatoms. The number of fused-ring (bicyclic) bond motifs is 1. The number of cyclic esters (lactones) is 2. The van der Waals surface area contributed by atoms with Crippen molar-refractivity contribution in [3.05, 3.63) is 45.6 Å². The van der Waals surface area contributed by atoms with Crippen molar-refractivity contribution in [1.82, 2.24) is 0 Å². The molecule has 0 aliphatic carbocycles. The second kappa shape index (κ2) is 2.52. The van der Waals surface area contributed by atoms with Crippen LogP contribution in [0.2, 0.25) is 0 Å². The van der Waals surface area contributed by atoms with Gasteiger partial charge < -0.3 is 4.74 Å². The second-order valence-corrected chi connectivity index (χ2v) is 2.57. The first kappa shape index (κ1) is 7.67. The zero-order valence-corrected chi connectivity index (χ0v) is 6.44. The monoisotopic (exact) mass is 176 g/mol. The first-order chi connectivity index (χ1) is 6.18. The molecule has 4 nitrogen and oxygen atoms in total. The van der Waals surface area contributed by atoms with E-state index < -0.39 is 11.9 Å². The van der Waals surface area contributed by atoms with Crippen LogP contribution in [0.1, 0.15) is 20.7 Å². The minimum absolute atomic E-state index is 0.145. The number of esters is 2. The SMILES string of the molecule is O=C1OC(=O)c2ccc(=O)ccc21. The van der Waals surface area contributed by atoms with Crippen molar-refractivity contribution in [3.8, 4) is 0 Å². The molecule has 1 aromatic carbocycles. The maximum Gasteiger partial charge on any atom is 0.346 e. The Labute approximate surface area is 72.8 Å². The van der Waals surface area contributed by atoms with E-state index >= 15 is 0 Å². The summed E-state index contributed by atoms with van der Waals surface area (Å²) in [5, 5.41) is 0. The van der Waals surface area contributed by atoms with Gasteiger partial charge in [-0.05, 0) is 24.3 Å². The molecule has 0 unspecified atom stereocenters. The summed E-state index contributed by atoms with van der Waals surface area (Å²) >= 11 is 0. The number of carbonyl (C=O) groups excluding carboxylic acids is 2. The molecule has 0 N–H and O–H groups in total. The number of hydrogen-bond acceptors (Lipinski definition) is 4. The topological polar surface area (TPSA) is 60.4 Å². The van der Waals surface area contributed by atoms with Crippen molar-refractivity contribution < 1.29 is 14.3 Å². The maximum atomic E-state index is 11.0. The van der Waals surface area contributed by atoms with Gasteiger partial charge in [-0.2, -0.15) is 0 Å². The summed E-state index contributed by atoms with van der Waals surface area (Å²) in [6.45, 7) is 0. The molecular weight excluding hydrogens is 172 g/mol. The highest BCUT2D eigenvalue weighted by atomic mass is 16.6. The highest BCUT2D eigenvalue weighted by Gasteiger charge is 2.28. The summed E-state index contributed by atoms with van der Waals surface area (Å²) in [5.74, 6) is -1.40. The van der Waals surface area contributed by atoms with E-state index in [2.05, 4.69) is 4.74 Å². The lowest BCUT2D eigenvalue weighted by atomic mass is 10.2. The van der Waals surface area contributed by atoms with Crippen LogP contribution in [-0.2, 0) is 4.74 Å². The zero-order valence-electron chi connectivity index (χ0n) is 6.44. The fraction of sp³-hybridized carbons (Fsp3) is 0. The lowest BCUT2D eigenvalue weighted by Crippen LogP contribution is -1.98. The Hall–Kier alpha value is -1.97. The van der Waals surface area contributed by atoms with Crippen LogP contribution in [0, 0.1) is 0 Å². The molecule has 0 saturated carbocycles. The Bertz CT molecular complexity index is 422. The number of rotatable bonds is 0. The Morgan fingerprint density at radius 2 is 1.23 bits per heavy atom. The zero-order chi connectivity index (χ0) is 9.42. The van der Waals surface area contributed by atoms with Crippen molar-refractivity contribution in [2.75, 3.05) is 0 Å². The van der Waals surface area contributed by atoms with E-state index in [1.54, 1.807) is 0 Å². The summed E-state index contributed by atoms with van der Waals surface area (Å²) in [6, 6.07) is 5.03. The van der Waals surface area contributed by atoms with Gasteiger partial charge in [0.1, 0.15) is 0 Å². The molecule has 0 radical (unpaired) electrons. The minimum Gasteiger partial charge on any atom is -0.386 e. The average Bonchev–Trinajstić information content (AvgIpc) is 2.27. The van der Waals surface area contributed by atoms with Gasteiger partial charge in [-0.15, -0.1) is 0 Å². The maximum absolute atomic E-state index is 11.0. The first-order valence-electron chi connectivity index (χ1n) is 3.59. The second-order valence-electron chi connectivity index (χ2n) is 2.57. The molecule has 13 heavy (non-hydrogen) atoms. The van der Waals surface area contributed by atoms with Gasteiger partial charge in [0.25, 0.3) is 0 Å². The van der Waals surface area contributed by atoms with E-state index in [1.807, 2.05) is 0 Å². The molecule has 0 amide bonds. The summed E-state index contributed by atoms with van der Waals surface area (Å²) in [5.41, 5.74) is 0.0363. The highest BCUT2D eigenvalue weighted by molar-refractivity contribution is 6.14. The van der Waals surface area contributed by atoms with Gasteiger partial charge in [0, 0.05) is 0 Å². The van der Waals surface area contributed by atoms with Crippen molar-refractivity contribution in [3.63, 3.8) is 0 Å². The normalized spacial score (nSPS) is 13.8. The Morgan fingerprint density at radius 1 is 0.769 bits per heavy atom. The molecule has 0 bridgehead atoms. The van der Waals surface area contributed by atoms with Crippen LogP contribution in [0.3, 0.4) is 0 Å². The van der Waals surface area contributed by atoms with Crippen LogP contribution in [0.5, 0.6) is 0 Å². The molecule has 1 aromatic rings. The molecule has 0 saturated heterocycles. The Balaban J connectivity index is 2.79. The fourth-order valence-electron chi connectivity index (χ4n) is 1.12. The van der Waals surface area contributed by atoms with Gasteiger partial charge >= 0.3 is 11.9 Å². The summed E-state index contributed by atoms with van der Waals surface area (Å²) in [7, 11) is 0. The van der Waals surface area contributed by atoms with E-state index in [9.17, 15) is 14.4 Å². The van der Waals surface area contributed by atoms with Crippen LogP contribution >= 0.6 is 0 Å². The third-order valence-corrected chi connectivity index (χ3v) is 1.74. The molecule has 1 heterocycles. The van der Waals surface area contributed by atoms with Crippen molar-refractivity contribution in [2.45, 2.75) is 0 Å². The van der Waals surface area contributed by atoms with Gasteiger partial charge in [0.2, 0.25) is 0 Å². The quantitative estimate of drug-likeness (QED) is 0.423. The third kappa shape index (κ3) is 1.12. The molecule has 0 atom stereocenters. The molecule has 1 aliphatic rings. The van der Waals surface area contributed by atoms with E-state index in [0.717, 1.165) is 0 Å². The minimum atomic E-state index is -0.699. The van der Waals surface area contributed by atoms with E-state index in [-0.39, 0.29) is 16.6 Å². The molecule has 2 rings (SSSR count). The predicted octanol–water partition coefficient (Wildman–Crippen LogP) is 0.357. The highest BCUT2D eigenvalue weighted by Crippen LogP contribution is 2.16. The molecule has 0 aromatic heterocycles. The number of hydrogen-bond donors (Lipinski definition) is 0. The van der Waals surface area contributed by atoms with Gasteiger partial charge in [-0.1, -0.05) is 0 Å². The Kier molecular flexibility index (Phi) is 1.48. The van der Waals surface area contributed by atoms with Crippen molar-refractivity contribution >= 4 is 11.9 Å². The predicted molar refractivity (Wildman–Crippen MR) is 42.5 cm³/mol. The van der Waals surface area contributed by atoms with Crippen LogP contribution in [0.4, 0.5) is 0 Å². The largest absolute Gasteiger partial charge is 0.386 e. The van der Waals surface area contributed by atoms with E-state index in [1.165, 1.54) is 24.3 Å². The molecule has 1 aliphatic heterocycles. The summed E-state index contributed by atoms with van der Waals surface area (Å²) in [4.78, 5) is 32.8. The Morgan fingerprint density at radius 3 is 1.69 bits per heavy atom. The molecule has 0 spiro atoms. The van der Waals surface area contributed by atoms with Crippen molar-refractivity contribution in [2.24, 2.45) is 0 Å². The number of ether oxygens (including phenoxy) is 1. The lowest BCUT2D eigenvalue weighted by Gasteiger charge is -1.83. The van der Waals surface area contributed by atoms with Crippen LogP contribution < -0.4 is 5.43 Å². The summed E-state index contributed by atoms with van der Waals surface area (Å²) < 4.78 is 4.33. The lowest BCUT2D eigenvalue weighted by molar-refractivity contribution is 0.0443. The van der Waals surface area contributed by atoms with Gasteiger partial charge in [-0.3, -0.25) is 4.79 Å².